The summed E-state index contributed by atoms with van der Waals surface area (Å²) in [5, 5.41) is 2.54. The number of hydrogen-bond donors (Lipinski definition) is 1. The number of anilines is 1. The van der Waals surface area contributed by atoms with Crippen molar-refractivity contribution in [3.05, 3.63) is 101 Å². The van der Waals surface area contributed by atoms with Crippen LogP contribution in [0.15, 0.2) is 78.0 Å². The fourth-order valence-corrected chi connectivity index (χ4v) is 4.16. The van der Waals surface area contributed by atoms with Crippen LogP contribution in [0.3, 0.4) is 0 Å². The standard InChI is InChI=1S/C29H22F2N4O5/c1-35-15-20(27(36)25(29(35)39-3)16-4-6-17(30)7-5-16)28(37)34-18-8-9-23(21(31)12-18)40-24-10-11-32-22-13-19(38-2)14-33-26(22)24/h4-15H,1-3H3,(H,34,37). The first-order valence-electron chi connectivity index (χ1n) is 11.9. The van der Waals surface area contributed by atoms with Crippen LogP contribution in [0.2, 0.25) is 0 Å². The molecular weight excluding hydrogens is 522 g/mol. The van der Waals surface area contributed by atoms with Gasteiger partial charge in [0, 0.05) is 43.3 Å². The Hall–Kier alpha value is -5.32. The van der Waals surface area contributed by atoms with E-state index >= 15 is 4.39 Å². The molecule has 5 aromatic rings. The number of halogens is 2. The monoisotopic (exact) mass is 544 g/mol. The van der Waals surface area contributed by atoms with Crippen LogP contribution >= 0.6 is 0 Å². The van der Waals surface area contributed by atoms with Crippen LogP contribution in [0.1, 0.15) is 10.4 Å². The second kappa shape index (κ2) is 10.8. The molecular formula is C29H22F2N4O5. The topological polar surface area (TPSA) is 105 Å². The molecule has 0 fully saturated rings. The van der Waals surface area contributed by atoms with E-state index < -0.39 is 23.0 Å². The number of aromatic nitrogens is 3. The van der Waals surface area contributed by atoms with E-state index in [-0.39, 0.29) is 34.2 Å². The molecule has 9 nitrogen and oxygen atoms in total. The predicted molar refractivity (Wildman–Crippen MR) is 144 cm³/mol. The average Bonchev–Trinajstić information content (AvgIpc) is 2.95. The van der Waals surface area contributed by atoms with E-state index in [1.807, 2.05) is 0 Å². The third-order valence-corrected chi connectivity index (χ3v) is 6.06. The van der Waals surface area contributed by atoms with Crippen molar-refractivity contribution >= 4 is 22.6 Å². The number of nitrogens with zero attached hydrogens (tertiary/aromatic N) is 3. The predicted octanol–water partition coefficient (Wildman–Crippen LogP) is 5.34. The maximum atomic E-state index is 15.0. The van der Waals surface area contributed by atoms with E-state index in [4.69, 9.17) is 14.2 Å². The molecule has 202 valence electrons. The van der Waals surface area contributed by atoms with Crippen molar-refractivity contribution in [3.8, 4) is 34.3 Å². The van der Waals surface area contributed by atoms with Gasteiger partial charge in [-0.25, -0.2) is 13.8 Å². The number of ether oxygens (including phenoxy) is 3. The second-order valence-corrected chi connectivity index (χ2v) is 8.63. The van der Waals surface area contributed by atoms with Gasteiger partial charge < -0.3 is 24.1 Å². The minimum atomic E-state index is -0.766. The zero-order valence-electron chi connectivity index (χ0n) is 21.6. The maximum Gasteiger partial charge on any atom is 0.261 e. The van der Waals surface area contributed by atoms with Crippen LogP contribution in [-0.2, 0) is 7.05 Å². The lowest BCUT2D eigenvalue weighted by Gasteiger charge is -2.15. The van der Waals surface area contributed by atoms with Gasteiger partial charge in [0.05, 0.1) is 31.5 Å². The third-order valence-electron chi connectivity index (χ3n) is 6.06. The van der Waals surface area contributed by atoms with Gasteiger partial charge in [0.15, 0.2) is 17.3 Å². The SMILES string of the molecule is COc1cnc2c(Oc3ccc(NC(=O)c4cn(C)c(OC)c(-c5ccc(F)cc5)c4=O)cc3F)ccnc2c1. The van der Waals surface area contributed by atoms with Crippen molar-refractivity contribution in [2.24, 2.45) is 7.05 Å². The zero-order valence-corrected chi connectivity index (χ0v) is 21.6. The van der Waals surface area contributed by atoms with Gasteiger partial charge in [-0.1, -0.05) is 12.1 Å². The third kappa shape index (κ3) is 5.04. The molecule has 3 aromatic heterocycles. The van der Waals surface area contributed by atoms with Crippen LogP contribution in [0.5, 0.6) is 23.1 Å². The molecule has 1 amide bonds. The highest BCUT2D eigenvalue weighted by molar-refractivity contribution is 6.05. The van der Waals surface area contributed by atoms with Crippen LogP contribution < -0.4 is 25.0 Å². The summed E-state index contributed by atoms with van der Waals surface area (Å²) in [4.78, 5) is 34.9. The van der Waals surface area contributed by atoms with Crippen molar-refractivity contribution in [2.45, 2.75) is 0 Å². The van der Waals surface area contributed by atoms with E-state index in [2.05, 4.69) is 15.3 Å². The van der Waals surface area contributed by atoms with Crippen molar-refractivity contribution in [1.29, 1.82) is 0 Å². The smallest absolute Gasteiger partial charge is 0.261 e. The molecule has 0 radical (unpaired) electrons. The number of benzene rings is 2. The Morgan fingerprint density at radius 2 is 1.73 bits per heavy atom. The molecule has 2 aromatic carbocycles. The Morgan fingerprint density at radius 1 is 0.950 bits per heavy atom. The first kappa shape index (κ1) is 26.3. The Bertz CT molecular complexity index is 1810. The normalized spacial score (nSPS) is 10.8. The molecule has 0 saturated carbocycles. The quantitative estimate of drug-likeness (QED) is 0.295. The van der Waals surface area contributed by atoms with Gasteiger partial charge in [0.2, 0.25) is 11.3 Å². The Kier molecular flexibility index (Phi) is 7.11. The average molecular weight is 545 g/mol. The number of nitrogens with one attached hydrogen (secondary N) is 1. The van der Waals surface area contributed by atoms with E-state index in [0.29, 0.717) is 22.3 Å². The molecule has 0 bridgehead atoms. The Labute approximate surface area is 226 Å². The second-order valence-electron chi connectivity index (χ2n) is 8.63. The number of amides is 1. The fraction of sp³-hybridized carbons (Fsp3) is 0.103. The van der Waals surface area contributed by atoms with Gasteiger partial charge in [-0.05, 0) is 29.8 Å². The number of aryl methyl sites for hydroxylation is 1. The highest BCUT2D eigenvalue weighted by Gasteiger charge is 2.22. The van der Waals surface area contributed by atoms with Gasteiger partial charge in [0.1, 0.15) is 22.6 Å². The molecule has 5 rings (SSSR count). The molecule has 0 saturated heterocycles. The van der Waals surface area contributed by atoms with Gasteiger partial charge in [-0.2, -0.15) is 0 Å². The lowest BCUT2D eigenvalue weighted by molar-refractivity contribution is 0.102. The number of hydrogen-bond acceptors (Lipinski definition) is 7. The minimum Gasteiger partial charge on any atom is -0.495 e. The minimum absolute atomic E-state index is 0.0865. The molecule has 0 aliphatic rings. The van der Waals surface area contributed by atoms with E-state index in [1.54, 1.807) is 19.2 Å². The van der Waals surface area contributed by atoms with Crippen LogP contribution in [0.4, 0.5) is 14.5 Å². The van der Waals surface area contributed by atoms with Crippen LogP contribution in [0.25, 0.3) is 22.2 Å². The number of rotatable bonds is 7. The van der Waals surface area contributed by atoms with Gasteiger partial charge in [-0.15, -0.1) is 0 Å². The van der Waals surface area contributed by atoms with Crippen molar-refractivity contribution in [3.63, 3.8) is 0 Å². The summed E-state index contributed by atoms with van der Waals surface area (Å²) in [6.45, 7) is 0. The molecule has 0 unspecified atom stereocenters. The maximum absolute atomic E-state index is 15.0. The largest absolute Gasteiger partial charge is 0.495 e. The summed E-state index contributed by atoms with van der Waals surface area (Å²) in [6, 6.07) is 12.3. The van der Waals surface area contributed by atoms with E-state index in [9.17, 15) is 14.0 Å². The first-order valence-corrected chi connectivity index (χ1v) is 11.9. The van der Waals surface area contributed by atoms with Gasteiger partial charge >= 0.3 is 0 Å². The van der Waals surface area contributed by atoms with Crippen LogP contribution in [0, 0.1) is 11.6 Å². The van der Waals surface area contributed by atoms with Crippen molar-refractivity contribution in [2.75, 3.05) is 19.5 Å². The Balaban J connectivity index is 1.42. The number of carbonyl (C=O) groups is 1. The summed E-state index contributed by atoms with van der Waals surface area (Å²) in [5.74, 6) is -1.13. The summed E-state index contributed by atoms with van der Waals surface area (Å²) in [7, 11) is 4.49. The van der Waals surface area contributed by atoms with Crippen molar-refractivity contribution < 1.29 is 27.8 Å². The van der Waals surface area contributed by atoms with Gasteiger partial charge in [0.25, 0.3) is 5.91 Å². The van der Waals surface area contributed by atoms with E-state index in [0.717, 1.165) is 6.07 Å². The fourth-order valence-electron chi connectivity index (χ4n) is 4.16. The molecule has 0 aliphatic carbocycles. The summed E-state index contributed by atoms with van der Waals surface area (Å²) >= 11 is 0. The molecule has 0 aliphatic heterocycles. The number of carbonyl (C=O) groups excluding carboxylic acids is 1. The number of methoxy groups -OCH3 is 2. The van der Waals surface area contributed by atoms with Crippen LogP contribution in [-0.4, -0.2) is 34.7 Å². The zero-order chi connectivity index (χ0) is 28.4. The van der Waals surface area contributed by atoms with Gasteiger partial charge in [-0.3, -0.25) is 14.6 Å². The summed E-state index contributed by atoms with van der Waals surface area (Å²) in [6.07, 6.45) is 4.31. The number of fused-ring (bicyclic) bond motifs is 1. The lowest BCUT2D eigenvalue weighted by Crippen LogP contribution is -2.25. The Morgan fingerprint density at radius 3 is 2.42 bits per heavy atom. The summed E-state index contributed by atoms with van der Waals surface area (Å²) < 4.78 is 46.2. The molecule has 11 heteroatoms. The molecule has 3 heterocycles. The number of pyridine rings is 3. The first-order chi connectivity index (χ1) is 19.3. The molecule has 0 atom stereocenters. The van der Waals surface area contributed by atoms with Crippen molar-refractivity contribution in [1.82, 2.24) is 14.5 Å². The lowest BCUT2D eigenvalue weighted by atomic mass is 10.0. The molecule has 1 N–H and O–H groups in total. The highest BCUT2D eigenvalue weighted by Crippen LogP contribution is 2.32. The van der Waals surface area contributed by atoms with E-state index in [1.165, 1.54) is 73.8 Å². The summed E-state index contributed by atoms with van der Waals surface area (Å²) in [5.41, 5.74) is 0.621. The highest BCUT2D eigenvalue weighted by atomic mass is 19.1. The molecule has 40 heavy (non-hydrogen) atoms. The molecule has 0 spiro atoms.